The third-order valence-corrected chi connectivity index (χ3v) is 1.75. The van der Waals surface area contributed by atoms with Gasteiger partial charge in [0.15, 0.2) is 0 Å². The Hall–Kier alpha value is -1.55. The van der Waals surface area contributed by atoms with E-state index < -0.39 is 5.97 Å². The lowest BCUT2D eigenvalue weighted by atomic mass is 10.1. The zero-order chi connectivity index (χ0) is 9.84. The predicted octanol–water partition coefficient (Wildman–Crippen LogP) is 0.592. The standard InChI is InChI=1S/C9H11NO3/c10-4-3-6-1-2-7(9(12)13)5-8(6)11/h1-2,5,11H,3-4,10H2,(H,12,13). The number of rotatable bonds is 3. The Bertz CT molecular complexity index is 323. The molecule has 0 bridgehead atoms. The van der Waals surface area contributed by atoms with Gasteiger partial charge in [-0.25, -0.2) is 4.79 Å². The summed E-state index contributed by atoms with van der Waals surface area (Å²) in [4.78, 5) is 10.5. The van der Waals surface area contributed by atoms with Crippen molar-refractivity contribution in [3.63, 3.8) is 0 Å². The summed E-state index contributed by atoms with van der Waals surface area (Å²) >= 11 is 0. The van der Waals surface area contributed by atoms with Gasteiger partial charge in [-0.15, -0.1) is 0 Å². The average Bonchev–Trinajstić information content (AvgIpc) is 2.08. The van der Waals surface area contributed by atoms with Crippen LogP contribution in [0.15, 0.2) is 18.2 Å². The summed E-state index contributed by atoms with van der Waals surface area (Å²) < 4.78 is 0. The second kappa shape index (κ2) is 3.91. The maximum absolute atomic E-state index is 10.5. The molecule has 4 N–H and O–H groups in total. The van der Waals surface area contributed by atoms with E-state index in [4.69, 9.17) is 10.8 Å². The van der Waals surface area contributed by atoms with E-state index in [0.717, 1.165) is 0 Å². The van der Waals surface area contributed by atoms with Crippen LogP contribution in [-0.2, 0) is 6.42 Å². The number of phenols is 1. The molecule has 0 aromatic heterocycles. The molecule has 0 atom stereocenters. The van der Waals surface area contributed by atoms with Crippen molar-refractivity contribution < 1.29 is 15.0 Å². The number of carboxylic acids is 1. The van der Waals surface area contributed by atoms with Gasteiger partial charge in [-0.3, -0.25) is 0 Å². The molecule has 0 saturated carbocycles. The first-order valence-corrected chi connectivity index (χ1v) is 3.90. The van der Waals surface area contributed by atoms with E-state index in [9.17, 15) is 9.90 Å². The minimum Gasteiger partial charge on any atom is -0.508 e. The molecule has 70 valence electrons. The number of carbonyl (C=O) groups is 1. The lowest BCUT2D eigenvalue weighted by Gasteiger charge is -2.03. The lowest BCUT2D eigenvalue weighted by molar-refractivity contribution is 0.0696. The molecule has 0 aliphatic heterocycles. The molecule has 4 heteroatoms. The van der Waals surface area contributed by atoms with Gasteiger partial charge < -0.3 is 15.9 Å². The Balaban J connectivity index is 2.98. The third kappa shape index (κ3) is 2.19. The summed E-state index contributed by atoms with van der Waals surface area (Å²) in [7, 11) is 0. The van der Waals surface area contributed by atoms with Crippen LogP contribution in [0.3, 0.4) is 0 Å². The highest BCUT2D eigenvalue weighted by Gasteiger charge is 2.06. The Labute approximate surface area is 75.6 Å². The molecule has 0 unspecified atom stereocenters. The van der Waals surface area contributed by atoms with Crippen molar-refractivity contribution in [3.05, 3.63) is 29.3 Å². The highest BCUT2D eigenvalue weighted by molar-refractivity contribution is 5.88. The largest absolute Gasteiger partial charge is 0.508 e. The Morgan fingerprint density at radius 2 is 2.15 bits per heavy atom. The molecule has 1 aromatic carbocycles. The normalized spacial score (nSPS) is 9.92. The van der Waals surface area contributed by atoms with Crippen molar-refractivity contribution in [2.75, 3.05) is 6.54 Å². The van der Waals surface area contributed by atoms with E-state index in [-0.39, 0.29) is 11.3 Å². The Kier molecular flexibility index (Phi) is 2.87. The van der Waals surface area contributed by atoms with Crippen LogP contribution in [-0.4, -0.2) is 22.7 Å². The molecule has 0 aliphatic carbocycles. The Morgan fingerprint density at radius 3 is 2.62 bits per heavy atom. The number of benzene rings is 1. The predicted molar refractivity (Wildman–Crippen MR) is 47.8 cm³/mol. The zero-order valence-electron chi connectivity index (χ0n) is 7.03. The fourth-order valence-corrected chi connectivity index (χ4v) is 1.06. The van der Waals surface area contributed by atoms with Gasteiger partial charge in [0, 0.05) is 0 Å². The lowest BCUT2D eigenvalue weighted by Crippen LogP contribution is -2.03. The maximum atomic E-state index is 10.5. The fourth-order valence-electron chi connectivity index (χ4n) is 1.06. The highest BCUT2D eigenvalue weighted by Crippen LogP contribution is 2.18. The first-order chi connectivity index (χ1) is 6.15. The van der Waals surface area contributed by atoms with Crippen molar-refractivity contribution in [3.8, 4) is 5.75 Å². The van der Waals surface area contributed by atoms with Crippen molar-refractivity contribution in [1.29, 1.82) is 0 Å². The molecule has 1 rings (SSSR count). The van der Waals surface area contributed by atoms with Crippen LogP contribution in [0.5, 0.6) is 5.75 Å². The number of carboxylic acid groups (broad SMARTS) is 1. The molecular weight excluding hydrogens is 170 g/mol. The summed E-state index contributed by atoms with van der Waals surface area (Å²) in [5.74, 6) is -1.06. The van der Waals surface area contributed by atoms with Gasteiger partial charge in [0.1, 0.15) is 5.75 Å². The molecule has 13 heavy (non-hydrogen) atoms. The van der Waals surface area contributed by atoms with Gasteiger partial charge in [0.25, 0.3) is 0 Å². The number of hydrogen-bond donors (Lipinski definition) is 3. The smallest absolute Gasteiger partial charge is 0.335 e. The minimum atomic E-state index is -1.05. The van der Waals surface area contributed by atoms with Gasteiger partial charge in [-0.2, -0.15) is 0 Å². The second-order valence-electron chi connectivity index (χ2n) is 2.69. The van der Waals surface area contributed by atoms with Crippen molar-refractivity contribution in [2.45, 2.75) is 6.42 Å². The number of phenolic OH excluding ortho intramolecular Hbond substituents is 1. The van der Waals surface area contributed by atoms with Crippen molar-refractivity contribution in [1.82, 2.24) is 0 Å². The van der Waals surface area contributed by atoms with E-state index in [2.05, 4.69) is 0 Å². The first kappa shape index (κ1) is 9.54. The van der Waals surface area contributed by atoms with Gasteiger partial charge in [-0.05, 0) is 30.7 Å². The van der Waals surface area contributed by atoms with Crippen LogP contribution in [0.25, 0.3) is 0 Å². The average molecular weight is 181 g/mol. The number of aromatic carboxylic acids is 1. The quantitative estimate of drug-likeness (QED) is 0.637. The van der Waals surface area contributed by atoms with Crippen LogP contribution >= 0.6 is 0 Å². The Morgan fingerprint density at radius 1 is 1.46 bits per heavy atom. The van der Waals surface area contributed by atoms with Gasteiger partial charge in [0.05, 0.1) is 5.56 Å². The van der Waals surface area contributed by atoms with E-state index in [1.807, 2.05) is 0 Å². The van der Waals surface area contributed by atoms with Gasteiger partial charge >= 0.3 is 5.97 Å². The summed E-state index contributed by atoms with van der Waals surface area (Å²) in [5, 5.41) is 17.9. The zero-order valence-corrected chi connectivity index (χ0v) is 7.03. The van der Waals surface area contributed by atoms with Gasteiger partial charge in [-0.1, -0.05) is 6.07 Å². The minimum absolute atomic E-state index is 0.00894. The molecule has 0 fully saturated rings. The van der Waals surface area contributed by atoms with Crippen LogP contribution in [0.2, 0.25) is 0 Å². The molecule has 0 aliphatic rings. The fraction of sp³-hybridized carbons (Fsp3) is 0.222. The SMILES string of the molecule is NCCc1ccc(C(=O)O)cc1O. The summed E-state index contributed by atoms with van der Waals surface area (Å²) in [6.07, 6.45) is 0.547. The first-order valence-electron chi connectivity index (χ1n) is 3.90. The summed E-state index contributed by atoms with van der Waals surface area (Å²) in [6.45, 7) is 0.431. The van der Waals surface area contributed by atoms with Crippen LogP contribution in [0, 0.1) is 0 Å². The molecule has 4 nitrogen and oxygen atoms in total. The second-order valence-corrected chi connectivity index (χ2v) is 2.69. The monoisotopic (exact) mass is 181 g/mol. The van der Waals surface area contributed by atoms with Crippen molar-refractivity contribution >= 4 is 5.97 Å². The van der Waals surface area contributed by atoms with Crippen molar-refractivity contribution in [2.24, 2.45) is 5.73 Å². The number of nitrogens with two attached hydrogens (primary N) is 1. The van der Waals surface area contributed by atoms with E-state index in [0.29, 0.717) is 18.5 Å². The highest BCUT2D eigenvalue weighted by atomic mass is 16.4. The maximum Gasteiger partial charge on any atom is 0.335 e. The topological polar surface area (TPSA) is 83.6 Å². The molecule has 0 radical (unpaired) electrons. The summed E-state index contributed by atoms with van der Waals surface area (Å²) in [5.41, 5.74) is 6.06. The van der Waals surface area contributed by atoms with Crippen LogP contribution in [0.1, 0.15) is 15.9 Å². The number of hydrogen-bond acceptors (Lipinski definition) is 3. The summed E-state index contributed by atoms with van der Waals surface area (Å²) in [6, 6.07) is 4.26. The third-order valence-electron chi connectivity index (χ3n) is 1.75. The molecule has 0 heterocycles. The van der Waals surface area contributed by atoms with E-state index in [1.165, 1.54) is 12.1 Å². The van der Waals surface area contributed by atoms with Crippen LogP contribution < -0.4 is 5.73 Å². The van der Waals surface area contributed by atoms with Crippen LogP contribution in [0.4, 0.5) is 0 Å². The molecule has 0 saturated heterocycles. The molecule has 0 amide bonds. The van der Waals surface area contributed by atoms with E-state index >= 15 is 0 Å². The van der Waals surface area contributed by atoms with E-state index in [1.54, 1.807) is 6.07 Å². The molecular formula is C9H11NO3. The number of aromatic hydroxyl groups is 1. The molecule has 1 aromatic rings. The van der Waals surface area contributed by atoms with Gasteiger partial charge in [0.2, 0.25) is 0 Å². The molecule has 0 spiro atoms.